The summed E-state index contributed by atoms with van der Waals surface area (Å²) in [6.07, 6.45) is 7.22. The SMILES string of the molecule is O=P1(c2ccccc2)c2ccccc2Oc2cc(-c3cc(-c4ccncc4)cc(-c4ccncc4)c3)ccc21. The minimum atomic E-state index is -3.11. The average Bonchev–Trinajstić information content (AvgIpc) is 3.02. The molecule has 6 aromatic rings. The van der Waals surface area contributed by atoms with Crippen molar-refractivity contribution in [3.05, 3.63) is 140 Å². The zero-order valence-electron chi connectivity index (χ0n) is 20.9. The lowest BCUT2D eigenvalue weighted by Crippen LogP contribution is -2.30. The Balaban J connectivity index is 1.41. The maximum atomic E-state index is 14.9. The molecule has 1 aliphatic heterocycles. The Kier molecular flexibility index (Phi) is 5.69. The van der Waals surface area contributed by atoms with E-state index in [0.29, 0.717) is 11.5 Å². The van der Waals surface area contributed by atoms with Gasteiger partial charge in [0.15, 0.2) is 7.14 Å². The molecular weight excluding hydrogens is 499 g/mol. The number of benzene rings is 4. The Morgan fingerprint density at radius 1 is 0.462 bits per heavy atom. The number of pyridine rings is 2. The first-order chi connectivity index (χ1) is 19.2. The van der Waals surface area contributed by atoms with Crippen LogP contribution in [-0.4, -0.2) is 9.97 Å². The second-order valence-corrected chi connectivity index (χ2v) is 12.2. The van der Waals surface area contributed by atoms with Gasteiger partial charge in [-0.05, 0) is 100 Å². The number of aromatic nitrogens is 2. The predicted molar refractivity (Wildman–Crippen MR) is 158 cm³/mol. The maximum Gasteiger partial charge on any atom is 0.178 e. The topological polar surface area (TPSA) is 52.1 Å². The Hall–Kier alpha value is -4.79. The quantitative estimate of drug-likeness (QED) is 0.229. The first-order valence-electron chi connectivity index (χ1n) is 12.7. The van der Waals surface area contributed by atoms with Crippen molar-refractivity contribution in [2.24, 2.45) is 0 Å². The lowest BCUT2D eigenvalue weighted by molar-refractivity contribution is 0.485. The van der Waals surface area contributed by atoms with Gasteiger partial charge in [0.1, 0.15) is 11.5 Å². The van der Waals surface area contributed by atoms with Gasteiger partial charge in [0.2, 0.25) is 0 Å². The number of rotatable bonds is 4. The van der Waals surface area contributed by atoms with E-state index in [9.17, 15) is 4.57 Å². The summed E-state index contributed by atoms with van der Waals surface area (Å²) < 4.78 is 21.3. The number of hydrogen-bond donors (Lipinski definition) is 0. The molecule has 7 rings (SSSR count). The molecule has 1 aliphatic rings. The monoisotopic (exact) mass is 522 g/mol. The number of ether oxygens (including phenoxy) is 1. The molecular formula is C34H23N2O2P. The minimum absolute atomic E-state index is 0.623. The molecule has 0 bridgehead atoms. The fourth-order valence-electron chi connectivity index (χ4n) is 5.22. The highest BCUT2D eigenvalue weighted by molar-refractivity contribution is 7.85. The van der Waals surface area contributed by atoms with Gasteiger partial charge in [0.25, 0.3) is 0 Å². The van der Waals surface area contributed by atoms with Crippen LogP contribution in [0.4, 0.5) is 0 Å². The molecule has 0 amide bonds. The summed E-state index contributed by atoms with van der Waals surface area (Å²) in [6, 6.07) is 38.0. The molecule has 0 spiro atoms. The third-order valence-corrected chi connectivity index (χ3v) is 10.3. The van der Waals surface area contributed by atoms with E-state index in [1.165, 1.54) is 0 Å². The molecule has 5 heteroatoms. The lowest BCUT2D eigenvalue weighted by Gasteiger charge is -2.29. The molecule has 4 aromatic carbocycles. The summed E-state index contributed by atoms with van der Waals surface area (Å²) in [6.45, 7) is 0. The van der Waals surface area contributed by atoms with Gasteiger partial charge in [0, 0.05) is 30.1 Å². The van der Waals surface area contributed by atoms with Gasteiger partial charge in [-0.3, -0.25) is 9.97 Å². The molecule has 4 nitrogen and oxygen atoms in total. The summed E-state index contributed by atoms with van der Waals surface area (Å²) in [5.41, 5.74) is 6.36. The summed E-state index contributed by atoms with van der Waals surface area (Å²) in [5, 5.41) is 2.25. The highest BCUT2D eigenvalue weighted by Gasteiger charge is 2.38. The van der Waals surface area contributed by atoms with Crippen molar-refractivity contribution in [3.63, 3.8) is 0 Å². The van der Waals surface area contributed by atoms with Crippen molar-refractivity contribution in [2.45, 2.75) is 0 Å². The third kappa shape index (κ3) is 4.06. The second kappa shape index (κ2) is 9.50. The molecule has 0 radical (unpaired) electrons. The van der Waals surface area contributed by atoms with Gasteiger partial charge >= 0.3 is 0 Å². The van der Waals surface area contributed by atoms with E-state index in [-0.39, 0.29) is 0 Å². The van der Waals surface area contributed by atoms with Gasteiger partial charge in [-0.1, -0.05) is 48.5 Å². The van der Waals surface area contributed by atoms with Crippen molar-refractivity contribution >= 4 is 23.1 Å². The van der Waals surface area contributed by atoms with Crippen molar-refractivity contribution in [2.75, 3.05) is 0 Å². The third-order valence-electron chi connectivity index (χ3n) is 7.14. The lowest BCUT2D eigenvalue weighted by atomic mass is 9.94. The summed E-state index contributed by atoms with van der Waals surface area (Å²) in [7, 11) is -3.11. The van der Waals surface area contributed by atoms with E-state index in [0.717, 1.165) is 49.3 Å². The van der Waals surface area contributed by atoms with Gasteiger partial charge in [-0.25, -0.2) is 0 Å². The van der Waals surface area contributed by atoms with E-state index >= 15 is 0 Å². The molecule has 0 saturated carbocycles. The molecule has 186 valence electrons. The standard InChI is InChI=1S/C34H23N2O2P/c37-39(30-6-2-1-3-7-30)33-9-5-4-8-31(33)38-32-23-26(10-11-34(32)39)29-21-27(24-12-16-35-17-13-24)20-28(22-29)25-14-18-36-19-15-25/h1-23H. The zero-order valence-corrected chi connectivity index (χ0v) is 21.8. The number of nitrogens with zero attached hydrogens (tertiary/aromatic N) is 2. The average molecular weight is 523 g/mol. The summed E-state index contributed by atoms with van der Waals surface area (Å²) >= 11 is 0. The van der Waals surface area contributed by atoms with E-state index in [4.69, 9.17) is 4.74 Å². The van der Waals surface area contributed by atoms with Gasteiger partial charge in [0.05, 0.1) is 10.6 Å². The number of fused-ring (bicyclic) bond motifs is 2. The molecule has 1 unspecified atom stereocenters. The van der Waals surface area contributed by atoms with E-state index in [1.54, 1.807) is 24.8 Å². The van der Waals surface area contributed by atoms with Crippen LogP contribution in [0.1, 0.15) is 0 Å². The van der Waals surface area contributed by atoms with Crippen LogP contribution in [0.15, 0.2) is 140 Å². The normalized spacial score (nSPS) is 15.6. The van der Waals surface area contributed by atoms with Crippen molar-refractivity contribution in [3.8, 4) is 44.9 Å². The van der Waals surface area contributed by atoms with Crippen molar-refractivity contribution in [1.29, 1.82) is 0 Å². The minimum Gasteiger partial charge on any atom is -0.456 e. The molecule has 0 aliphatic carbocycles. The van der Waals surface area contributed by atoms with Crippen LogP contribution in [0.2, 0.25) is 0 Å². The highest BCUT2D eigenvalue weighted by atomic mass is 31.2. The molecule has 2 aromatic heterocycles. The van der Waals surface area contributed by atoms with Crippen molar-refractivity contribution < 1.29 is 9.30 Å². The van der Waals surface area contributed by atoms with Crippen LogP contribution in [0.25, 0.3) is 33.4 Å². The Morgan fingerprint density at radius 3 is 1.64 bits per heavy atom. The fraction of sp³-hybridized carbons (Fsp3) is 0. The smallest absolute Gasteiger partial charge is 0.178 e. The Bertz CT molecular complexity index is 1800. The highest BCUT2D eigenvalue weighted by Crippen LogP contribution is 2.52. The molecule has 0 saturated heterocycles. The first-order valence-corrected chi connectivity index (χ1v) is 14.4. The van der Waals surface area contributed by atoms with Gasteiger partial charge in [-0.2, -0.15) is 0 Å². The van der Waals surface area contributed by atoms with E-state index in [1.807, 2.05) is 97.1 Å². The number of para-hydroxylation sites is 1. The molecule has 3 heterocycles. The number of hydrogen-bond acceptors (Lipinski definition) is 4. The van der Waals surface area contributed by atoms with Crippen LogP contribution < -0.4 is 20.7 Å². The largest absolute Gasteiger partial charge is 0.456 e. The van der Waals surface area contributed by atoms with Crippen LogP contribution in [0.5, 0.6) is 11.5 Å². The van der Waals surface area contributed by atoms with Crippen LogP contribution >= 0.6 is 7.14 Å². The van der Waals surface area contributed by atoms with Crippen LogP contribution in [0.3, 0.4) is 0 Å². The molecule has 1 atom stereocenters. The van der Waals surface area contributed by atoms with Crippen LogP contribution in [-0.2, 0) is 4.57 Å². The maximum absolute atomic E-state index is 14.9. The summed E-state index contributed by atoms with van der Waals surface area (Å²) in [5.74, 6) is 1.26. The summed E-state index contributed by atoms with van der Waals surface area (Å²) in [4.78, 5) is 8.37. The van der Waals surface area contributed by atoms with E-state index in [2.05, 4.69) is 28.2 Å². The van der Waals surface area contributed by atoms with Crippen molar-refractivity contribution in [1.82, 2.24) is 9.97 Å². The molecule has 0 N–H and O–H groups in total. The Labute approximate surface area is 227 Å². The molecule has 0 fully saturated rings. The van der Waals surface area contributed by atoms with Gasteiger partial charge < -0.3 is 9.30 Å². The van der Waals surface area contributed by atoms with Crippen LogP contribution in [0, 0.1) is 0 Å². The van der Waals surface area contributed by atoms with Gasteiger partial charge in [-0.15, -0.1) is 0 Å². The second-order valence-electron chi connectivity index (χ2n) is 9.47. The van der Waals surface area contributed by atoms with E-state index < -0.39 is 7.14 Å². The fourth-order valence-corrected chi connectivity index (χ4v) is 8.06. The first kappa shape index (κ1) is 23.3. The zero-order chi connectivity index (χ0) is 26.2. The Morgan fingerprint density at radius 2 is 1.00 bits per heavy atom. The predicted octanol–water partition coefficient (Wildman–Crippen LogP) is 7.22. The molecule has 39 heavy (non-hydrogen) atoms.